The second-order valence-electron chi connectivity index (χ2n) is 5.09. The standard InChI is InChI=1S/C17H22F2Si/c1-5-20(6-2,7-3)16(17(18)19)13-12-15-10-8-14(4)9-11-15/h8-11H,5-7H2,1-4H3. The molecular formula is C17H22F2Si. The van der Waals surface area contributed by atoms with E-state index in [1.165, 1.54) is 0 Å². The van der Waals surface area contributed by atoms with Gasteiger partial charge >= 0.3 is 0 Å². The second-order valence-corrected chi connectivity index (χ2v) is 10.3. The van der Waals surface area contributed by atoms with Gasteiger partial charge in [-0.05, 0) is 19.1 Å². The smallest absolute Gasteiger partial charge is 0.173 e. The average Bonchev–Trinajstić information content (AvgIpc) is 2.45. The fourth-order valence-corrected chi connectivity index (χ4v) is 5.72. The van der Waals surface area contributed by atoms with Gasteiger partial charge in [0.1, 0.15) is 8.07 Å². The Morgan fingerprint density at radius 1 is 1.00 bits per heavy atom. The van der Waals surface area contributed by atoms with Gasteiger partial charge < -0.3 is 0 Å². The van der Waals surface area contributed by atoms with E-state index < -0.39 is 14.2 Å². The maximum Gasteiger partial charge on any atom is 0.277 e. The van der Waals surface area contributed by atoms with Crippen molar-refractivity contribution in [2.45, 2.75) is 45.8 Å². The van der Waals surface area contributed by atoms with Crippen molar-refractivity contribution in [1.29, 1.82) is 0 Å². The molecular weight excluding hydrogens is 270 g/mol. The Morgan fingerprint density at radius 3 is 1.90 bits per heavy atom. The first kappa shape index (κ1) is 16.7. The highest BCUT2D eigenvalue weighted by molar-refractivity contribution is 6.87. The Kier molecular flexibility index (Phi) is 6.16. The molecule has 0 nitrogen and oxygen atoms in total. The van der Waals surface area contributed by atoms with E-state index in [1.54, 1.807) is 0 Å². The Hall–Kier alpha value is -1.40. The highest BCUT2D eigenvalue weighted by atomic mass is 28.3. The summed E-state index contributed by atoms with van der Waals surface area (Å²) in [5.41, 5.74) is 1.93. The highest BCUT2D eigenvalue weighted by Crippen LogP contribution is 2.31. The average molecular weight is 292 g/mol. The van der Waals surface area contributed by atoms with E-state index in [9.17, 15) is 8.78 Å². The number of hydrogen-bond acceptors (Lipinski definition) is 0. The van der Waals surface area contributed by atoms with E-state index in [0.29, 0.717) is 0 Å². The van der Waals surface area contributed by atoms with Crippen molar-refractivity contribution in [2.24, 2.45) is 0 Å². The summed E-state index contributed by atoms with van der Waals surface area (Å²) < 4.78 is 26.7. The van der Waals surface area contributed by atoms with Gasteiger partial charge in [0.25, 0.3) is 6.08 Å². The van der Waals surface area contributed by atoms with Crippen molar-refractivity contribution < 1.29 is 8.78 Å². The molecule has 0 heterocycles. The van der Waals surface area contributed by atoms with Crippen LogP contribution >= 0.6 is 0 Å². The minimum Gasteiger partial charge on any atom is -0.173 e. The molecule has 0 N–H and O–H groups in total. The molecule has 108 valence electrons. The van der Waals surface area contributed by atoms with E-state index in [-0.39, 0.29) is 5.20 Å². The number of halogens is 2. The van der Waals surface area contributed by atoms with Crippen LogP contribution in [0, 0.1) is 18.8 Å². The van der Waals surface area contributed by atoms with E-state index >= 15 is 0 Å². The lowest BCUT2D eigenvalue weighted by Gasteiger charge is -2.27. The molecule has 0 spiro atoms. The van der Waals surface area contributed by atoms with Crippen LogP contribution in [0.3, 0.4) is 0 Å². The van der Waals surface area contributed by atoms with Crippen molar-refractivity contribution >= 4 is 8.07 Å². The molecule has 1 rings (SSSR count). The fourth-order valence-electron chi connectivity index (χ4n) is 2.43. The Balaban J connectivity index is 3.19. The molecule has 0 fully saturated rings. The topological polar surface area (TPSA) is 0 Å². The molecule has 0 unspecified atom stereocenters. The summed E-state index contributed by atoms with van der Waals surface area (Å²) in [7, 11) is -2.12. The third kappa shape index (κ3) is 3.80. The summed E-state index contributed by atoms with van der Waals surface area (Å²) in [6.45, 7) is 8.02. The predicted octanol–water partition coefficient (Wildman–Crippen LogP) is 5.54. The predicted molar refractivity (Wildman–Crippen MR) is 84.5 cm³/mol. The lowest BCUT2D eigenvalue weighted by Crippen LogP contribution is -2.34. The highest BCUT2D eigenvalue weighted by Gasteiger charge is 2.34. The fraction of sp³-hybridized carbons (Fsp3) is 0.412. The van der Waals surface area contributed by atoms with E-state index in [0.717, 1.165) is 29.3 Å². The molecule has 0 aliphatic heterocycles. The first-order valence-corrected chi connectivity index (χ1v) is 9.75. The van der Waals surface area contributed by atoms with E-state index in [2.05, 4.69) is 11.8 Å². The first-order chi connectivity index (χ1) is 9.49. The number of rotatable bonds is 4. The largest absolute Gasteiger partial charge is 0.277 e. The molecule has 1 aromatic carbocycles. The number of benzene rings is 1. The van der Waals surface area contributed by atoms with Gasteiger partial charge in [-0.2, -0.15) is 8.78 Å². The summed E-state index contributed by atoms with van der Waals surface area (Å²) in [5.74, 6) is 5.70. The Morgan fingerprint density at radius 2 is 1.50 bits per heavy atom. The van der Waals surface area contributed by atoms with Crippen molar-refractivity contribution in [3.05, 3.63) is 46.7 Å². The molecule has 0 aromatic heterocycles. The van der Waals surface area contributed by atoms with Crippen LogP contribution in [0.1, 0.15) is 31.9 Å². The molecule has 20 heavy (non-hydrogen) atoms. The maximum absolute atomic E-state index is 13.3. The van der Waals surface area contributed by atoms with Crippen LogP contribution in [-0.4, -0.2) is 8.07 Å². The SMILES string of the molecule is CC[Si](CC)(CC)C(C#Cc1ccc(C)cc1)=C(F)F. The quantitative estimate of drug-likeness (QED) is 0.504. The molecule has 0 amide bonds. The molecule has 3 heteroatoms. The molecule has 0 bridgehead atoms. The van der Waals surface area contributed by atoms with Crippen LogP contribution in [0.4, 0.5) is 8.78 Å². The molecule has 0 saturated carbocycles. The minimum atomic E-state index is -2.12. The Bertz CT molecular complexity index is 516. The normalized spacial score (nSPS) is 10.7. The van der Waals surface area contributed by atoms with Crippen LogP contribution in [0.2, 0.25) is 18.1 Å². The zero-order valence-corrected chi connectivity index (χ0v) is 13.7. The van der Waals surface area contributed by atoms with Crippen LogP contribution < -0.4 is 0 Å². The van der Waals surface area contributed by atoms with Gasteiger partial charge in [0.05, 0.1) is 5.20 Å². The lowest BCUT2D eigenvalue weighted by atomic mass is 10.1. The van der Waals surface area contributed by atoms with Crippen LogP contribution in [-0.2, 0) is 0 Å². The van der Waals surface area contributed by atoms with Gasteiger partial charge in [-0.25, -0.2) is 0 Å². The van der Waals surface area contributed by atoms with Crippen LogP contribution in [0.15, 0.2) is 35.5 Å². The Labute approximate surface area is 121 Å². The van der Waals surface area contributed by atoms with Gasteiger partial charge in [-0.3, -0.25) is 0 Å². The zero-order valence-electron chi connectivity index (χ0n) is 12.7. The summed E-state index contributed by atoms with van der Waals surface area (Å²) >= 11 is 0. The van der Waals surface area contributed by atoms with Crippen LogP contribution in [0.25, 0.3) is 0 Å². The van der Waals surface area contributed by atoms with Gasteiger partial charge in [-0.1, -0.05) is 68.4 Å². The molecule has 0 aliphatic carbocycles. The summed E-state index contributed by atoms with van der Waals surface area (Å²) in [5, 5.41) is 0.144. The molecule has 1 aromatic rings. The van der Waals surface area contributed by atoms with Crippen molar-refractivity contribution in [3.63, 3.8) is 0 Å². The third-order valence-electron chi connectivity index (χ3n) is 4.13. The molecule has 0 aliphatic rings. The minimum absolute atomic E-state index is 0.144. The van der Waals surface area contributed by atoms with Crippen molar-refractivity contribution in [2.75, 3.05) is 0 Å². The van der Waals surface area contributed by atoms with Gasteiger partial charge in [0.2, 0.25) is 0 Å². The van der Waals surface area contributed by atoms with Gasteiger partial charge in [0.15, 0.2) is 0 Å². The number of hydrogen-bond donors (Lipinski definition) is 0. The van der Waals surface area contributed by atoms with E-state index in [4.69, 9.17) is 0 Å². The molecule has 0 radical (unpaired) electrons. The molecule has 0 saturated heterocycles. The van der Waals surface area contributed by atoms with Crippen LogP contribution in [0.5, 0.6) is 0 Å². The zero-order chi connectivity index (χ0) is 15.2. The number of aryl methyl sites for hydroxylation is 1. The van der Waals surface area contributed by atoms with E-state index in [1.807, 2.05) is 52.0 Å². The summed E-state index contributed by atoms with van der Waals surface area (Å²) in [4.78, 5) is 0. The van der Waals surface area contributed by atoms with Crippen molar-refractivity contribution in [3.8, 4) is 11.8 Å². The first-order valence-electron chi connectivity index (χ1n) is 7.13. The van der Waals surface area contributed by atoms with Gasteiger partial charge in [-0.15, -0.1) is 0 Å². The monoisotopic (exact) mass is 292 g/mol. The van der Waals surface area contributed by atoms with Gasteiger partial charge in [0, 0.05) is 5.56 Å². The summed E-state index contributed by atoms with van der Waals surface area (Å²) in [6.07, 6.45) is -1.58. The second kappa shape index (κ2) is 7.40. The summed E-state index contributed by atoms with van der Waals surface area (Å²) in [6, 6.07) is 10.1. The van der Waals surface area contributed by atoms with Crippen molar-refractivity contribution in [1.82, 2.24) is 0 Å². The third-order valence-corrected chi connectivity index (χ3v) is 9.57. The lowest BCUT2D eigenvalue weighted by molar-refractivity contribution is 0.419. The molecule has 0 atom stereocenters. The maximum atomic E-state index is 13.3. The number of allylic oxidation sites excluding steroid dienone is 1.